The fraction of sp³-hybridized carbons (Fsp3) is 0.714. The fourth-order valence-electron chi connectivity index (χ4n) is 1.25. The molecule has 74 valence electrons. The van der Waals surface area contributed by atoms with Crippen molar-refractivity contribution >= 4 is 12.2 Å². The first-order valence-corrected chi connectivity index (χ1v) is 4.21. The third-order valence-corrected chi connectivity index (χ3v) is 1.91. The Morgan fingerprint density at radius 1 is 1.23 bits per heavy atom. The number of hydrogen-bond acceptors (Lipinski definition) is 4. The zero-order chi connectivity index (χ0) is 9.68. The second kappa shape index (κ2) is 4.66. The minimum absolute atomic E-state index is 0.623. The number of nitrogens with zero attached hydrogens (tertiary/aromatic N) is 1. The molecule has 0 aromatic heterocycles. The molecule has 0 bridgehead atoms. The number of carbonyl (C=O) groups excluding carboxylic acids is 2. The molecule has 0 aliphatic carbocycles. The van der Waals surface area contributed by atoms with Gasteiger partial charge in [0.05, 0.1) is 0 Å². The van der Waals surface area contributed by atoms with Crippen LogP contribution in [0.3, 0.4) is 0 Å². The molecule has 0 aromatic carbocycles. The number of carbonyl (C=O) groups is 2. The van der Waals surface area contributed by atoms with Crippen molar-refractivity contribution in [3.05, 3.63) is 0 Å². The molecule has 1 saturated heterocycles. The molecule has 0 radical (unpaired) electrons. The van der Waals surface area contributed by atoms with E-state index >= 15 is 0 Å². The van der Waals surface area contributed by atoms with Gasteiger partial charge in [0, 0.05) is 13.1 Å². The van der Waals surface area contributed by atoms with Gasteiger partial charge < -0.3 is 9.64 Å². The van der Waals surface area contributed by atoms with E-state index in [9.17, 15) is 9.59 Å². The molecule has 1 heterocycles. The number of likely N-dealkylation sites (tertiary alicyclic amines) is 1. The molecule has 6 heteroatoms. The Hall–Kier alpha value is -1.30. The van der Waals surface area contributed by atoms with Crippen LogP contribution in [0, 0.1) is 0 Å². The molecule has 2 amide bonds. The largest absolute Gasteiger partial charge is 0.430 e. The highest BCUT2D eigenvalue weighted by atomic mass is 16.6. The van der Waals surface area contributed by atoms with Crippen LogP contribution in [0.15, 0.2) is 0 Å². The highest BCUT2D eigenvalue weighted by Crippen LogP contribution is 2.09. The average Bonchev–Trinajstić information content (AvgIpc) is 2.19. The lowest BCUT2D eigenvalue weighted by atomic mass is 10.1. The van der Waals surface area contributed by atoms with Crippen LogP contribution in [0.5, 0.6) is 0 Å². The van der Waals surface area contributed by atoms with Gasteiger partial charge in [0.1, 0.15) is 0 Å². The van der Waals surface area contributed by atoms with Crippen molar-refractivity contribution in [3.63, 3.8) is 0 Å². The summed E-state index contributed by atoms with van der Waals surface area (Å²) in [7, 11) is 0. The normalized spacial score (nSPS) is 16.5. The summed E-state index contributed by atoms with van der Waals surface area (Å²) in [5, 5.41) is 0. The van der Waals surface area contributed by atoms with Crippen molar-refractivity contribution in [2.45, 2.75) is 19.3 Å². The first-order chi connectivity index (χ1) is 6.24. The van der Waals surface area contributed by atoms with E-state index in [1.165, 1.54) is 4.90 Å². The number of piperidine rings is 1. The van der Waals surface area contributed by atoms with E-state index in [0.717, 1.165) is 19.3 Å². The molecule has 1 aliphatic heterocycles. The van der Waals surface area contributed by atoms with E-state index in [0.29, 0.717) is 13.1 Å². The first kappa shape index (κ1) is 9.79. The fourth-order valence-corrected chi connectivity index (χ4v) is 1.25. The van der Waals surface area contributed by atoms with Gasteiger partial charge in [-0.3, -0.25) is 5.43 Å². The van der Waals surface area contributed by atoms with Crippen LogP contribution in [-0.2, 0) is 4.74 Å². The Morgan fingerprint density at radius 2 is 1.85 bits per heavy atom. The van der Waals surface area contributed by atoms with E-state index in [1.54, 1.807) is 5.43 Å². The van der Waals surface area contributed by atoms with E-state index in [-0.39, 0.29) is 0 Å². The number of hydrogen-bond donors (Lipinski definition) is 2. The minimum Gasteiger partial charge on any atom is -0.358 e. The molecule has 1 fully saturated rings. The molecular formula is C7H13N3O3. The zero-order valence-electron chi connectivity index (χ0n) is 7.28. The van der Waals surface area contributed by atoms with Crippen LogP contribution in [-0.4, -0.2) is 30.2 Å². The van der Waals surface area contributed by atoms with Crippen LogP contribution in [0.1, 0.15) is 19.3 Å². The smallest absolute Gasteiger partial charge is 0.358 e. The summed E-state index contributed by atoms with van der Waals surface area (Å²) in [6, 6.07) is 0. The van der Waals surface area contributed by atoms with Crippen LogP contribution < -0.4 is 11.3 Å². The van der Waals surface area contributed by atoms with Crippen molar-refractivity contribution in [1.29, 1.82) is 0 Å². The van der Waals surface area contributed by atoms with Gasteiger partial charge in [-0.25, -0.2) is 15.4 Å². The maximum Gasteiger partial charge on any atom is 0.430 e. The van der Waals surface area contributed by atoms with Gasteiger partial charge in [0.25, 0.3) is 0 Å². The van der Waals surface area contributed by atoms with E-state index in [4.69, 9.17) is 5.84 Å². The summed E-state index contributed by atoms with van der Waals surface area (Å²) in [4.78, 5) is 23.2. The SMILES string of the molecule is NNC(=O)OC(=O)N1CCCCC1. The maximum atomic E-state index is 11.2. The minimum atomic E-state index is -0.921. The predicted octanol–water partition coefficient (Wildman–Crippen LogP) is 0.192. The number of hydrazine groups is 1. The van der Waals surface area contributed by atoms with Gasteiger partial charge in [-0.1, -0.05) is 0 Å². The average molecular weight is 187 g/mol. The van der Waals surface area contributed by atoms with Crippen molar-refractivity contribution in [3.8, 4) is 0 Å². The monoisotopic (exact) mass is 187 g/mol. The molecular weight excluding hydrogens is 174 g/mol. The molecule has 0 atom stereocenters. The molecule has 0 spiro atoms. The van der Waals surface area contributed by atoms with Gasteiger partial charge in [0.15, 0.2) is 0 Å². The molecule has 0 unspecified atom stereocenters. The Balaban J connectivity index is 2.33. The third-order valence-electron chi connectivity index (χ3n) is 1.91. The van der Waals surface area contributed by atoms with E-state index in [2.05, 4.69) is 4.74 Å². The third kappa shape index (κ3) is 2.90. The molecule has 0 saturated carbocycles. The number of nitrogens with one attached hydrogen (secondary N) is 1. The van der Waals surface area contributed by atoms with Crippen molar-refractivity contribution < 1.29 is 14.3 Å². The van der Waals surface area contributed by atoms with E-state index < -0.39 is 12.2 Å². The lowest BCUT2D eigenvalue weighted by molar-refractivity contribution is 0.111. The molecule has 13 heavy (non-hydrogen) atoms. The zero-order valence-corrected chi connectivity index (χ0v) is 7.28. The number of rotatable bonds is 0. The van der Waals surface area contributed by atoms with Gasteiger partial charge in [-0.15, -0.1) is 0 Å². The summed E-state index contributed by atoms with van der Waals surface area (Å²) >= 11 is 0. The van der Waals surface area contributed by atoms with Gasteiger partial charge >= 0.3 is 12.2 Å². The molecule has 1 aliphatic rings. The Labute approximate surface area is 76.0 Å². The number of ether oxygens (including phenoxy) is 1. The van der Waals surface area contributed by atoms with Crippen molar-refractivity contribution in [1.82, 2.24) is 10.3 Å². The summed E-state index contributed by atoms with van der Waals surface area (Å²) in [6.45, 7) is 1.30. The quantitative estimate of drug-likeness (QED) is 0.245. The summed E-state index contributed by atoms with van der Waals surface area (Å²) in [5.74, 6) is 4.75. The van der Waals surface area contributed by atoms with Gasteiger partial charge in [-0.2, -0.15) is 0 Å². The summed E-state index contributed by atoms with van der Waals surface area (Å²) < 4.78 is 4.35. The Morgan fingerprint density at radius 3 is 2.38 bits per heavy atom. The lowest BCUT2D eigenvalue weighted by Gasteiger charge is -2.24. The second-order valence-corrected chi connectivity index (χ2v) is 2.85. The predicted molar refractivity (Wildman–Crippen MR) is 44.6 cm³/mol. The Kier molecular flexibility index (Phi) is 3.51. The van der Waals surface area contributed by atoms with Gasteiger partial charge in [0.2, 0.25) is 0 Å². The second-order valence-electron chi connectivity index (χ2n) is 2.85. The highest BCUT2D eigenvalue weighted by molar-refractivity contribution is 5.83. The summed E-state index contributed by atoms with van der Waals surface area (Å²) in [5.41, 5.74) is 1.73. The standard InChI is InChI=1S/C7H13N3O3/c8-9-6(11)13-7(12)10-4-2-1-3-5-10/h1-5,8H2,(H,9,11). The topological polar surface area (TPSA) is 84.7 Å². The lowest BCUT2D eigenvalue weighted by Crippen LogP contribution is -2.40. The highest BCUT2D eigenvalue weighted by Gasteiger charge is 2.19. The van der Waals surface area contributed by atoms with Crippen molar-refractivity contribution in [2.75, 3.05) is 13.1 Å². The number of nitrogens with two attached hydrogens (primary N) is 1. The van der Waals surface area contributed by atoms with Gasteiger partial charge in [-0.05, 0) is 19.3 Å². The van der Waals surface area contributed by atoms with Crippen LogP contribution in [0.2, 0.25) is 0 Å². The van der Waals surface area contributed by atoms with Crippen LogP contribution in [0.25, 0.3) is 0 Å². The van der Waals surface area contributed by atoms with E-state index in [1.807, 2.05) is 0 Å². The van der Waals surface area contributed by atoms with Crippen LogP contribution in [0.4, 0.5) is 9.59 Å². The number of amides is 2. The molecule has 0 aromatic rings. The van der Waals surface area contributed by atoms with Crippen molar-refractivity contribution in [2.24, 2.45) is 5.84 Å². The molecule has 6 nitrogen and oxygen atoms in total. The molecule has 1 rings (SSSR count). The van der Waals surface area contributed by atoms with Crippen LogP contribution >= 0.6 is 0 Å². The Bertz CT molecular complexity index is 201. The molecule has 3 N–H and O–H groups in total. The summed E-state index contributed by atoms with van der Waals surface area (Å²) in [6.07, 6.45) is 1.49. The first-order valence-electron chi connectivity index (χ1n) is 4.21. The maximum absolute atomic E-state index is 11.2.